The van der Waals surface area contributed by atoms with Crippen LogP contribution in [0.1, 0.15) is 44.1 Å². The standard InChI is InChI=1S/C16H23F2NO2S/c1-11(13-8-7-12(17)9-14(13)18)10-19-15-5-3-4-6-16(15)22(2,20)21/h7-9,11,15-16,19H,3-6,10H2,1-2H3/t11-,15+,16+/m1/s1. The van der Waals surface area contributed by atoms with Gasteiger partial charge in [0.1, 0.15) is 11.6 Å². The van der Waals surface area contributed by atoms with Gasteiger partial charge in [0.25, 0.3) is 0 Å². The molecule has 1 N–H and O–H groups in total. The van der Waals surface area contributed by atoms with E-state index < -0.39 is 21.5 Å². The van der Waals surface area contributed by atoms with E-state index in [1.807, 2.05) is 6.92 Å². The molecule has 1 aromatic carbocycles. The van der Waals surface area contributed by atoms with Gasteiger partial charge in [-0.05, 0) is 30.4 Å². The third kappa shape index (κ3) is 4.26. The Morgan fingerprint density at radius 2 is 1.95 bits per heavy atom. The number of sulfone groups is 1. The van der Waals surface area contributed by atoms with E-state index in [-0.39, 0.29) is 17.2 Å². The lowest BCUT2D eigenvalue weighted by Crippen LogP contribution is -2.47. The predicted molar refractivity (Wildman–Crippen MR) is 83.7 cm³/mol. The molecule has 1 saturated carbocycles. The number of benzene rings is 1. The summed E-state index contributed by atoms with van der Waals surface area (Å²) in [6, 6.07) is 3.49. The first kappa shape index (κ1) is 17.3. The normalized spacial score (nSPS) is 24.2. The summed E-state index contributed by atoms with van der Waals surface area (Å²) in [5.41, 5.74) is 0.445. The Kier molecular flexibility index (Phi) is 5.55. The summed E-state index contributed by atoms with van der Waals surface area (Å²) in [7, 11) is -3.09. The Morgan fingerprint density at radius 3 is 2.59 bits per heavy atom. The minimum atomic E-state index is -3.09. The molecule has 2 rings (SSSR count). The number of hydrogen-bond acceptors (Lipinski definition) is 3. The highest BCUT2D eigenvalue weighted by Gasteiger charge is 2.32. The van der Waals surface area contributed by atoms with Crippen molar-refractivity contribution in [3.63, 3.8) is 0 Å². The van der Waals surface area contributed by atoms with Crippen molar-refractivity contribution >= 4 is 9.84 Å². The molecule has 0 bridgehead atoms. The fourth-order valence-electron chi connectivity index (χ4n) is 3.18. The van der Waals surface area contributed by atoms with E-state index in [0.717, 1.165) is 25.3 Å². The summed E-state index contributed by atoms with van der Waals surface area (Å²) in [6.45, 7) is 2.32. The summed E-state index contributed by atoms with van der Waals surface area (Å²) in [4.78, 5) is 0. The van der Waals surface area contributed by atoms with Crippen LogP contribution in [0.25, 0.3) is 0 Å². The average Bonchev–Trinajstić information content (AvgIpc) is 2.44. The van der Waals surface area contributed by atoms with Crippen molar-refractivity contribution in [2.45, 2.75) is 49.8 Å². The molecule has 0 radical (unpaired) electrons. The Labute approximate surface area is 131 Å². The second-order valence-electron chi connectivity index (χ2n) is 6.23. The molecule has 1 aliphatic rings. The van der Waals surface area contributed by atoms with Gasteiger partial charge in [0.15, 0.2) is 9.84 Å². The monoisotopic (exact) mass is 331 g/mol. The van der Waals surface area contributed by atoms with Gasteiger partial charge >= 0.3 is 0 Å². The molecular formula is C16H23F2NO2S. The fourth-order valence-corrected chi connectivity index (χ4v) is 4.61. The average molecular weight is 331 g/mol. The molecule has 0 amide bonds. The maximum Gasteiger partial charge on any atom is 0.151 e. The minimum absolute atomic E-state index is 0.0882. The van der Waals surface area contributed by atoms with Crippen LogP contribution >= 0.6 is 0 Å². The van der Waals surface area contributed by atoms with Gasteiger partial charge in [-0.2, -0.15) is 0 Å². The molecule has 1 aliphatic carbocycles. The summed E-state index contributed by atoms with van der Waals surface area (Å²) in [5, 5.41) is 2.91. The van der Waals surface area contributed by atoms with E-state index >= 15 is 0 Å². The largest absolute Gasteiger partial charge is 0.312 e. The first-order valence-electron chi connectivity index (χ1n) is 7.66. The second kappa shape index (κ2) is 7.04. The Balaban J connectivity index is 2.01. The Hall–Kier alpha value is -1.01. The Bertz CT molecular complexity index is 619. The molecule has 0 unspecified atom stereocenters. The van der Waals surface area contributed by atoms with Gasteiger partial charge in [0.05, 0.1) is 5.25 Å². The first-order chi connectivity index (χ1) is 10.3. The first-order valence-corrected chi connectivity index (χ1v) is 9.61. The Morgan fingerprint density at radius 1 is 1.27 bits per heavy atom. The number of hydrogen-bond donors (Lipinski definition) is 1. The zero-order chi connectivity index (χ0) is 16.3. The van der Waals surface area contributed by atoms with Gasteiger partial charge < -0.3 is 5.32 Å². The van der Waals surface area contributed by atoms with Crippen molar-refractivity contribution in [1.29, 1.82) is 0 Å². The van der Waals surface area contributed by atoms with Gasteiger partial charge in [-0.3, -0.25) is 0 Å². The van der Waals surface area contributed by atoms with Gasteiger partial charge in [0, 0.05) is 24.9 Å². The van der Waals surface area contributed by atoms with Gasteiger partial charge in [-0.15, -0.1) is 0 Å². The number of rotatable bonds is 5. The zero-order valence-electron chi connectivity index (χ0n) is 13.0. The van der Waals surface area contributed by atoms with E-state index in [4.69, 9.17) is 0 Å². The number of halogens is 2. The lowest BCUT2D eigenvalue weighted by molar-refractivity contribution is 0.364. The molecule has 0 spiro atoms. The summed E-state index contributed by atoms with van der Waals surface area (Å²) < 4.78 is 50.4. The molecule has 0 aliphatic heterocycles. The lowest BCUT2D eigenvalue weighted by atomic mass is 9.93. The summed E-state index contributed by atoms with van der Waals surface area (Å²) in [5.74, 6) is -1.30. The smallest absolute Gasteiger partial charge is 0.151 e. The van der Waals surface area contributed by atoms with Crippen LogP contribution < -0.4 is 5.32 Å². The van der Waals surface area contributed by atoms with Gasteiger partial charge in [-0.1, -0.05) is 25.8 Å². The van der Waals surface area contributed by atoms with E-state index in [2.05, 4.69) is 5.32 Å². The van der Waals surface area contributed by atoms with Crippen LogP contribution in [0.15, 0.2) is 18.2 Å². The van der Waals surface area contributed by atoms with Crippen molar-refractivity contribution in [3.05, 3.63) is 35.4 Å². The van der Waals surface area contributed by atoms with Crippen LogP contribution in [0, 0.1) is 11.6 Å². The SMILES string of the molecule is C[C@H](CN[C@H]1CCCC[C@@H]1S(C)(=O)=O)c1ccc(F)cc1F. The predicted octanol–water partition coefficient (Wildman–Crippen LogP) is 3.01. The van der Waals surface area contributed by atoms with Crippen molar-refractivity contribution < 1.29 is 17.2 Å². The van der Waals surface area contributed by atoms with Crippen molar-refractivity contribution in [3.8, 4) is 0 Å². The van der Waals surface area contributed by atoms with Crippen LogP contribution in [0.3, 0.4) is 0 Å². The molecule has 22 heavy (non-hydrogen) atoms. The maximum atomic E-state index is 13.8. The van der Waals surface area contributed by atoms with Crippen molar-refractivity contribution in [2.24, 2.45) is 0 Å². The minimum Gasteiger partial charge on any atom is -0.312 e. The van der Waals surface area contributed by atoms with Crippen molar-refractivity contribution in [2.75, 3.05) is 12.8 Å². The molecular weight excluding hydrogens is 308 g/mol. The topological polar surface area (TPSA) is 46.2 Å². The van der Waals surface area contributed by atoms with Crippen LogP contribution in [-0.2, 0) is 9.84 Å². The highest BCUT2D eigenvalue weighted by molar-refractivity contribution is 7.91. The zero-order valence-corrected chi connectivity index (χ0v) is 13.8. The molecule has 1 aromatic rings. The summed E-state index contributed by atoms with van der Waals surface area (Å²) >= 11 is 0. The van der Waals surface area contributed by atoms with Gasteiger partial charge in [-0.25, -0.2) is 17.2 Å². The van der Waals surface area contributed by atoms with E-state index in [9.17, 15) is 17.2 Å². The van der Waals surface area contributed by atoms with Crippen molar-refractivity contribution in [1.82, 2.24) is 5.32 Å². The molecule has 3 nitrogen and oxygen atoms in total. The van der Waals surface area contributed by atoms with Crippen LogP contribution in [0.2, 0.25) is 0 Å². The second-order valence-corrected chi connectivity index (χ2v) is 8.50. The molecule has 1 fully saturated rings. The van der Waals surface area contributed by atoms with E-state index in [1.54, 1.807) is 0 Å². The molecule has 3 atom stereocenters. The number of nitrogens with one attached hydrogen (secondary N) is 1. The maximum absolute atomic E-state index is 13.8. The van der Waals surface area contributed by atoms with Crippen LogP contribution in [0.4, 0.5) is 8.78 Å². The summed E-state index contributed by atoms with van der Waals surface area (Å²) in [6.07, 6.45) is 4.70. The highest BCUT2D eigenvalue weighted by Crippen LogP contribution is 2.25. The van der Waals surface area contributed by atoms with E-state index in [0.29, 0.717) is 18.5 Å². The lowest BCUT2D eigenvalue weighted by Gasteiger charge is -2.32. The molecule has 6 heteroatoms. The van der Waals surface area contributed by atoms with Gasteiger partial charge in [0.2, 0.25) is 0 Å². The molecule has 124 valence electrons. The fraction of sp³-hybridized carbons (Fsp3) is 0.625. The molecule has 0 aromatic heterocycles. The third-order valence-corrected chi connectivity index (χ3v) is 6.10. The van der Waals surface area contributed by atoms with Crippen LogP contribution in [0.5, 0.6) is 0 Å². The van der Waals surface area contributed by atoms with E-state index in [1.165, 1.54) is 18.4 Å². The van der Waals surface area contributed by atoms with Crippen LogP contribution in [-0.4, -0.2) is 32.5 Å². The molecule has 0 heterocycles. The highest BCUT2D eigenvalue weighted by atomic mass is 32.2. The molecule has 0 saturated heterocycles. The third-order valence-electron chi connectivity index (χ3n) is 4.43. The quantitative estimate of drug-likeness (QED) is 0.902.